The van der Waals surface area contributed by atoms with Crippen molar-refractivity contribution in [1.82, 2.24) is 0 Å². The molecule has 17 heavy (non-hydrogen) atoms. The van der Waals surface area contributed by atoms with Gasteiger partial charge in [0.2, 0.25) is 0 Å². The summed E-state index contributed by atoms with van der Waals surface area (Å²) in [7, 11) is 0. The third-order valence-corrected chi connectivity index (χ3v) is 5.72. The smallest absolute Gasteiger partial charge is 0.0142 e. The summed E-state index contributed by atoms with van der Waals surface area (Å²) in [5.41, 5.74) is 9.56. The lowest BCUT2D eigenvalue weighted by Gasteiger charge is -2.32. The Balaban J connectivity index is 2.07. The summed E-state index contributed by atoms with van der Waals surface area (Å²) >= 11 is 2.06. The van der Waals surface area contributed by atoms with Gasteiger partial charge in [-0.05, 0) is 42.6 Å². The normalized spacial score (nSPS) is 22.4. The molecule has 3 rings (SSSR count). The van der Waals surface area contributed by atoms with Crippen LogP contribution in [-0.2, 0) is 11.8 Å². The van der Waals surface area contributed by atoms with E-state index < -0.39 is 0 Å². The van der Waals surface area contributed by atoms with Crippen molar-refractivity contribution in [2.24, 2.45) is 5.73 Å². The van der Waals surface area contributed by atoms with Gasteiger partial charge in [-0.3, -0.25) is 0 Å². The predicted octanol–water partition coefficient (Wildman–Crippen LogP) is 3.50. The molecular formula is C15H21NS. The zero-order chi connectivity index (χ0) is 11.7. The zero-order valence-corrected chi connectivity index (χ0v) is 11.2. The van der Waals surface area contributed by atoms with Crippen LogP contribution in [0.2, 0.25) is 0 Å². The van der Waals surface area contributed by atoms with E-state index in [1.54, 1.807) is 16.0 Å². The first-order valence-electron chi connectivity index (χ1n) is 6.81. The van der Waals surface area contributed by atoms with Gasteiger partial charge in [-0.1, -0.05) is 31.0 Å². The van der Waals surface area contributed by atoms with Gasteiger partial charge in [0.25, 0.3) is 0 Å². The Morgan fingerprint density at radius 2 is 2.00 bits per heavy atom. The van der Waals surface area contributed by atoms with Gasteiger partial charge < -0.3 is 5.73 Å². The van der Waals surface area contributed by atoms with Crippen molar-refractivity contribution < 1.29 is 0 Å². The molecule has 0 radical (unpaired) electrons. The summed E-state index contributed by atoms with van der Waals surface area (Å²) < 4.78 is 0. The van der Waals surface area contributed by atoms with E-state index in [1.165, 1.54) is 44.3 Å². The number of nitrogens with two attached hydrogens (primary N) is 1. The van der Waals surface area contributed by atoms with Crippen LogP contribution in [0.3, 0.4) is 0 Å². The molecule has 0 saturated heterocycles. The Morgan fingerprint density at radius 1 is 1.18 bits per heavy atom. The van der Waals surface area contributed by atoms with Gasteiger partial charge in [0, 0.05) is 16.9 Å². The van der Waals surface area contributed by atoms with Crippen molar-refractivity contribution in [3.8, 4) is 0 Å². The molecule has 1 aliphatic carbocycles. The molecule has 0 unspecified atom stereocenters. The van der Waals surface area contributed by atoms with Gasteiger partial charge >= 0.3 is 0 Å². The number of hydrogen-bond donors (Lipinski definition) is 1. The second kappa shape index (κ2) is 4.66. The van der Waals surface area contributed by atoms with E-state index in [0.29, 0.717) is 5.41 Å². The van der Waals surface area contributed by atoms with Gasteiger partial charge in [-0.15, -0.1) is 11.8 Å². The van der Waals surface area contributed by atoms with E-state index in [-0.39, 0.29) is 0 Å². The molecule has 92 valence electrons. The van der Waals surface area contributed by atoms with Gasteiger partial charge in [0.15, 0.2) is 0 Å². The summed E-state index contributed by atoms with van der Waals surface area (Å²) in [6, 6.07) is 6.90. The summed E-state index contributed by atoms with van der Waals surface area (Å²) in [6.45, 7) is 0.823. The molecule has 0 atom stereocenters. The maximum absolute atomic E-state index is 6.12. The molecule has 0 aromatic heterocycles. The number of benzene rings is 1. The summed E-state index contributed by atoms with van der Waals surface area (Å²) in [5, 5.41) is 0. The largest absolute Gasteiger partial charge is 0.330 e. The Morgan fingerprint density at radius 3 is 2.76 bits per heavy atom. The summed E-state index contributed by atoms with van der Waals surface area (Å²) in [5.74, 6) is 1.28. The molecule has 2 aliphatic rings. The van der Waals surface area contributed by atoms with E-state index in [1.807, 2.05) is 0 Å². The Hall–Kier alpha value is -0.470. The van der Waals surface area contributed by atoms with Crippen LogP contribution in [0.1, 0.15) is 43.2 Å². The second-order valence-corrected chi connectivity index (χ2v) is 6.54. The maximum Gasteiger partial charge on any atom is 0.0142 e. The molecule has 1 saturated carbocycles. The number of hydrogen-bond acceptors (Lipinski definition) is 2. The van der Waals surface area contributed by atoms with Crippen LogP contribution in [0.15, 0.2) is 23.1 Å². The zero-order valence-electron chi connectivity index (χ0n) is 10.4. The first-order valence-corrected chi connectivity index (χ1v) is 7.79. The lowest BCUT2D eigenvalue weighted by atomic mass is 9.78. The molecule has 0 bridgehead atoms. The standard InChI is InChI=1S/C15H21NS/c16-11-15(8-1-2-9-15)13-7-3-5-12-6-4-10-17-14(12)13/h3,5,7H,1-2,4,6,8-11,16H2. The van der Waals surface area contributed by atoms with Crippen LogP contribution in [-0.4, -0.2) is 12.3 Å². The van der Waals surface area contributed by atoms with E-state index >= 15 is 0 Å². The predicted molar refractivity (Wildman–Crippen MR) is 74.7 cm³/mol. The topological polar surface area (TPSA) is 26.0 Å². The highest BCUT2D eigenvalue weighted by molar-refractivity contribution is 7.99. The number of fused-ring (bicyclic) bond motifs is 1. The molecule has 1 aromatic carbocycles. The Bertz CT molecular complexity index is 407. The van der Waals surface area contributed by atoms with Crippen molar-refractivity contribution >= 4 is 11.8 Å². The van der Waals surface area contributed by atoms with Crippen LogP contribution in [0.4, 0.5) is 0 Å². The Kier molecular flexibility index (Phi) is 3.18. The van der Waals surface area contributed by atoms with Crippen LogP contribution in [0, 0.1) is 0 Å². The molecule has 1 aliphatic heterocycles. The van der Waals surface area contributed by atoms with Crippen molar-refractivity contribution in [1.29, 1.82) is 0 Å². The van der Waals surface area contributed by atoms with Crippen LogP contribution < -0.4 is 5.73 Å². The fourth-order valence-corrected chi connectivity index (χ4v) is 4.73. The minimum atomic E-state index is 0.301. The van der Waals surface area contributed by atoms with Crippen LogP contribution >= 0.6 is 11.8 Å². The van der Waals surface area contributed by atoms with Crippen molar-refractivity contribution in [2.45, 2.75) is 48.8 Å². The highest BCUT2D eigenvalue weighted by atomic mass is 32.2. The quantitative estimate of drug-likeness (QED) is 0.865. The van der Waals surface area contributed by atoms with Gasteiger partial charge in [0.05, 0.1) is 0 Å². The fourth-order valence-electron chi connectivity index (χ4n) is 3.44. The van der Waals surface area contributed by atoms with Gasteiger partial charge in [-0.25, -0.2) is 0 Å². The first-order chi connectivity index (χ1) is 8.36. The molecule has 0 spiro atoms. The van der Waals surface area contributed by atoms with E-state index in [2.05, 4.69) is 30.0 Å². The molecule has 1 fully saturated rings. The number of aryl methyl sites for hydroxylation is 1. The second-order valence-electron chi connectivity index (χ2n) is 5.44. The average Bonchev–Trinajstić information content (AvgIpc) is 2.88. The molecule has 1 aromatic rings. The van der Waals surface area contributed by atoms with Crippen molar-refractivity contribution in [3.63, 3.8) is 0 Å². The molecule has 0 amide bonds. The molecule has 2 N–H and O–H groups in total. The van der Waals surface area contributed by atoms with E-state index in [9.17, 15) is 0 Å². The molecule has 2 heteroatoms. The minimum absolute atomic E-state index is 0.301. The monoisotopic (exact) mass is 247 g/mol. The molecule has 1 nitrogen and oxygen atoms in total. The van der Waals surface area contributed by atoms with Crippen LogP contribution in [0.25, 0.3) is 0 Å². The minimum Gasteiger partial charge on any atom is -0.330 e. The Labute approximate surface area is 108 Å². The third-order valence-electron chi connectivity index (χ3n) is 4.46. The lowest BCUT2D eigenvalue weighted by molar-refractivity contribution is 0.444. The highest BCUT2D eigenvalue weighted by Gasteiger charge is 2.36. The number of thioether (sulfide) groups is 1. The third kappa shape index (κ3) is 1.92. The lowest BCUT2D eigenvalue weighted by Crippen LogP contribution is -2.33. The first kappa shape index (κ1) is 11.6. The maximum atomic E-state index is 6.12. The SMILES string of the molecule is NCC1(c2cccc3c2SCCC3)CCCC1. The van der Waals surface area contributed by atoms with Crippen LogP contribution in [0.5, 0.6) is 0 Å². The summed E-state index contributed by atoms with van der Waals surface area (Å²) in [6.07, 6.45) is 7.88. The average molecular weight is 247 g/mol. The highest BCUT2D eigenvalue weighted by Crippen LogP contribution is 2.46. The summed E-state index contributed by atoms with van der Waals surface area (Å²) in [4.78, 5) is 1.58. The number of rotatable bonds is 2. The van der Waals surface area contributed by atoms with E-state index in [4.69, 9.17) is 5.73 Å². The van der Waals surface area contributed by atoms with Gasteiger partial charge in [-0.2, -0.15) is 0 Å². The van der Waals surface area contributed by atoms with Gasteiger partial charge in [0.1, 0.15) is 0 Å². The fraction of sp³-hybridized carbons (Fsp3) is 0.600. The molecular weight excluding hydrogens is 226 g/mol. The van der Waals surface area contributed by atoms with Crippen molar-refractivity contribution in [2.75, 3.05) is 12.3 Å². The molecule has 1 heterocycles. The van der Waals surface area contributed by atoms with E-state index in [0.717, 1.165) is 6.54 Å². The van der Waals surface area contributed by atoms with Crippen molar-refractivity contribution in [3.05, 3.63) is 29.3 Å².